The average molecular weight is 351 g/mol. The molecule has 0 saturated heterocycles. The molecule has 4 rings (SSSR count). The molecule has 0 aliphatic heterocycles. The van der Waals surface area contributed by atoms with Crippen molar-refractivity contribution in [1.29, 1.82) is 0 Å². The van der Waals surface area contributed by atoms with Crippen LogP contribution >= 0.6 is 0 Å². The van der Waals surface area contributed by atoms with Gasteiger partial charge in [0.1, 0.15) is 5.75 Å². The maximum Gasteiger partial charge on any atom is 0.256 e. The maximum absolute atomic E-state index is 6.01. The molecule has 1 aromatic heterocycles. The SMILES string of the molecule is COCOc1cc(-c2ccc(OCC3CCc4ccccc43)cc2)on1. The van der Waals surface area contributed by atoms with E-state index in [1.807, 2.05) is 24.3 Å². The van der Waals surface area contributed by atoms with E-state index in [0.29, 0.717) is 24.2 Å². The molecule has 3 aromatic rings. The van der Waals surface area contributed by atoms with E-state index in [2.05, 4.69) is 29.4 Å². The van der Waals surface area contributed by atoms with Gasteiger partial charge in [-0.05, 0) is 53.4 Å². The average Bonchev–Trinajstić information content (AvgIpc) is 3.32. The van der Waals surface area contributed by atoms with Crippen molar-refractivity contribution in [3.05, 3.63) is 65.7 Å². The second-order valence-electron chi connectivity index (χ2n) is 6.35. The minimum absolute atomic E-state index is 0.142. The molecule has 26 heavy (non-hydrogen) atoms. The van der Waals surface area contributed by atoms with E-state index in [9.17, 15) is 0 Å². The van der Waals surface area contributed by atoms with Crippen molar-refractivity contribution in [3.63, 3.8) is 0 Å². The minimum atomic E-state index is 0.142. The van der Waals surface area contributed by atoms with Crippen LogP contribution in [0.1, 0.15) is 23.5 Å². The Morgan fingerprint density at radius 1 is 1.08 bits per heavy atom. The van der Waals surface area contributed by atoms with Crippen molar-refractivity contribution >= 4 is 0 Å². The van der Waals surface area contributed by atoms with E-state index in [1.165, 1.54) is 11.1 Å². The lowest BCUT2D eigenvalue weighted by Crippen LogP contribution is -2.07. The van der Waals surface area contributed by atoms with Crippen LogP contribution in [0.25, 0.3) is 11.3 Å². The summed E-state index contributed by atoms with van der Waals surface area (Å²) in [4.78, 5) is 0. The predicted octanol–water partition coefficient (Wildman–Crippen LogP) is 4.43. The van der Waals surface area contributed by atoms with Crippen molar-refractivity contribution in [2.45, 2.75) is 18.8 Å². The van der Waals surface area contributed by atoms with Gasteiger partial charge in [0.2, 0.25) is 0 Å². The lowest BCUT2D eigenvalue weighted by Gasteiger charge is -2.13. The van der Waals surface area contributed by atoms with Gasteiger partial charge in [-0.1, -0.05) is 24.3 Å². The Morgan fingerprint density at radius 3 is 2.77 bits per heavy atom. The van der Waals surface area contributed by atoms with Gasteiger partial charge in [0.25, 0.3) is 5.88 Å². The molecule has 134 valence electrons. The Balaban J connectivity index is 1.37. The number of hydrogen-bond acceptors (Lipinski definition) is 5. The second-order valence-corrected chi connectivity index (χ2v) is 6.35. The third-order valence-electron chi connectivity index (χ3n) is 4.66. The Labute approximate surface area is 152 Å². The Morgan fingerprint density at radius 2 is 1.92 bits per heavy atom. The Bertz CT molecular complexity index is 856. The fraction of sp³-hybridized carbons (Fsp3) is 0.286. The summed E-state index contributed by atoms with van der Waals surface area (Å²) in [6, 6.07) is 18.2. The van der Waals surface area contributed by atoms with Crippen LogP contribution in [0.5, 0.6) is 11.6 Å². The summed E-state index contributed by atoms with van der Waals surface area (Å²) in [6.07, 6.45) is 2.29. The third-order valence-corrected chi connectivity index (χ3v) is 4.66. The molecule has 0 saturated carbocycles. The van der Waals surface area contributed by atoms with Crippen molar-refractivity contribution in [2.75, 3.05) is 20.5 Å². The molecule has 0 amide bonds. The zero-order chi connectivity index (χ0) is 17.8. The lowest BCUT2D eigenvalue weighted by atomic mass is 10.0. The largest absolute Gasteiger partial charge is 0.493 e. The number of rotatable bonds is 7. The number of aromatic nitrogens is 1. The number of benzene rings is 2. The molecule has 2 aromatic carbocycles. The molecule has 1 aliphatic rings. The third kappa shape index (κ3) is 3.58. The molecule has 1 heterocycles. The van der Waals surface area contributed by atoms with Crippen LogP contribution in [0.15, 0.2) is 59.1 Å². The smallest absolute Gasteiger partial charge is 0.256 e. The first kappa shape index (κ1) is 16.7. The molecule has 5 heteroatoms. The molecule has 0 spiro atoms. The standard InChI is InChI=1S/C21H21NO4/c1-23-14-25-21-12-20(26-22-21)16-8-10-18(11-9-16)24-13-17-7-6-15-4-2-3-5-19(15)17/h2-5,8-12,17H,6-7,13-14H2,1H3. The molecule has 0 radical (unpaired) electrons. The molecule has 0 N–H and O–H groups in total. The summed E-state index contributed by atoms with van der Waals surface area (Å²) in [6.45, 7) is 0.844. The van der Waals surface area contributed by atoms with Crippen molar-refractivity contribution in [1.82, 2.24) is 5.16 Å². The van der Waals surface area contributed by atoms with E-state index < -0.39 is 0 Å². The van der Waals surface area contributed by atoms with Crippen LogP contribution in [-0.2, 0) is 11.2 Å². The van der Waals surface area contributed by atoms with Crippen LogP contribution < -0.4 is 9.47 Å². The van der Waals surface area contributed by atoms with Crippen molar-refractivity contribution in [3.8, 4) is 23.0 Å². The van der Waals surface area contributed by atoms with Gasteiger partial charge in [0, 0.05) is 24.7 Å². The molecular weight excluding hydrogens is 330 g/mol. The molecule has 1 aliphatic carbocycles. The van der Waals surface area contributed by atoms with Crippen LogP contribution in [0.4, 0.5) is 0 Å². The fourth-order valence-corrected chi connectivity index (χ4v) is 3.31. The molecule has 0 fully saturated rings. The zero-order valence-electron chi connectivity index (χ0n) is 14.7. The summed E-state index contributed by atoms with van der Waals surface area (Å²) in [7, 11) is 1.56. The highest BCUT2D eigenvalue weighted by Gasteiger charge is 2.22. The topological polar surface area (TPSA) is 53.7 Å². The molecule has 5 nitrogen and oxygen atoms in total. The molecule has 1 unspecified atom stereocenters. The van der Waals surface area contributed by atoms with Gasteiger partial charge in [-0.15, -0.1) is 0 Å². The molecule has 0 bridgehead atoms. The Hall–Kier alpha value is -2.79. The van der Waals surface area contributed by atoms with Crippen LogP contribution in [0, 0.1) is 0 Å². The van der Waals surface area contributed by atoms with Crippen LogP contribution in [0.3, 0.4) is 0 Å². The summed E-state index contributed by atoms with van der Waals surface area (Å²) < 4.78 is 21.4. The van der Waals surface area contributed by atoms with Crippen LogP contribution in [-0.4, -0.2) is 25.7 Å². The summed E-state index contributed by atoms with van der Waals surface area (Å²) in [5.41, 5.74) is 3.80. The predicted molar refractivity (Wildman–Crippen MR) is 97.4 cm³/mol. The highest BCUT2D eigenvalue weighted by atomic mass is 16.7. The first-order valence-corrected chi connectivity index (χ1v) is 8.73. The first-order valence-electron chi connectivity index (χ1n) is 8.73. The van der Waals surface area contributed by atoms with Gasteiger partial charge in [-0.25, -0.2) is 0 Å². The zero-order valence-corrected chi connectivity index (χ0v) is 14.7. The van der Waals surface area contributed by atoms with E-state index in [0.717, 1.165) is 24.2 Å². The number of hydrogen-bond donors (Lipinski definition) is 0. The highest BCUT2D eigenvalue weighted by molar-refractivity contribution is 5.59. The van der Waals surface area contributed by atoms with Crippen molar-refractivity contribution < 1.29 is 18.7 Å². The number of fused-ring (bicyclic) bond motifs is 1. The van der Waals surface area contributed by atoms with Gasteiger partial charge in [-0.2, -0.15) is 0 Å². The molecule has 1 atom stereocenters. The lowest BCUT2D eigenvalue weighted by molar-refractivity contribution is 0.0453. The van der Waals surface area contributed by atoms with Gasteiger partial charge in [0.15, 0.2) is 12.6 Å². The fourth-order valence-electron chi connectivity index (χ4n) is 3.31. The van der Waals surface area contributed by atoms with Gasteiger partial charge in [0.05, 0.1) is 6.61 Å². The van der Waals surface area contributed by atoms with Gasteiger partial charge >= 0.3 is 0 Å². The second kappa shape index (κ2) is 7.62. The van der Waals surface area contributed by atoms with E-state index >= 15 is 0 Å². The quantitative estimate of drug-likeness (QED) is 0.589. The van der Waals surface area contributed by atoms with Gasteiger partial charge < -0.3 is 18.7 Å². The Kier molecular flexibility index (Phi) is 4.88. The van der Waals surface area contributed by atoms with E-state index in [4.69, 9.17) is 18.7 Å². The normalized spacial score (nSPS) is 15.7. The van der Waals surface area contributed by atoms with E-state index in [-0.39, 0.29) is 6.79 Å². The van der Waals surface area contributed by atoms with Gasteiger partial charge in [-0.3, -0.25) is 0 Å². The summed E-state index contributed by atoms with van der Waals surface area (Å²) >= 11 is 0. The molecular formula is C21H21NO4. The summed E-state index contributed by atoms with van der Waals surface area (Å²) in [5.74, 6) is 2.38. The number of aryl methyl sites for hydroxylation is 1. The monoisotopic (exact) mass is 351 g/mol. The number of ether oxygens (including phenoxy) is 3. The first-order chi connectivity index (χ1) is 12.8. The van der Waals surface area contributed by atoms with Crippen molar-refractivity contribution in [2.24, 2.45) is 0 Å². The highest BCUT2D eigenvalue weighted by Crippen LogP contribution is 2.33. The minimum Gasteiger partial charge on any atom is -0.493 e. The van der Waals surface area contributed by atoms with Crippen LogP contribution in [0.2, 0.25) is 0 Å². The number of methoxy groups -OCH3 is 1. The summed E-state index contributed by atoms with van der Waals surface area (Å²) in [5, 5.41) is 3.85. The van der Waals surface area contributed by atoms with E-state index in [1.54, 1.807) is 13.2 Å². The number of nitrogens with zero attached hydrogens (tertiary/aromatic N) is 1. The maximum atomic E-state index is 6.01.